The third-order valence-corrected chi connectivity index (χ3v) is 5.22. The summed E-state index contributed by atoms with van der Waals surface area (Å²) in [7, 11) is 2.93. The van der Waals surface area contributed by atoms with Crippen LogP contribution in [0, 0.1) is 0 Å². The van der Waals surface area contributed by atoms with Gasteiger partial charge in [0.05, 0.1) is 18.8 Å². The van der Waals surface area contributed by atoms with Crippen LogP contribution in [0.4, 0.5) is 0 Å². The average Bonchev–Trinajstić information content (AvgIpc) is 3.19. The number of hydrogen-bond donors (Lipinski definition) is 0. The fourth-order valence-corrected chi connectivity index (χ4v) is 3.52. The molecule has 0 amide bonds. The van der Waals surface area contributed by atoms with E-state index >= 15 is 0 Å². The number of ether oxygens (including phenoxy) is 2. The molecule has 4 rings (SSSR count). The van der Waals surface area contributed by atoms with Crippen molar-refractivity contribution < 1.29 is 14.3 Å². The summed E-state index contributed by atoms with van der Waals surface area (Å²) in [5, 5.41) is 0. The molecule has 2 aromatic heterocycles. The largest absolute Gasteiger partial charge is 0.440 e. The standard InChI is InChI=1S/C20H23N5O5/c1-22-17-16(18(26)23(2)20(22)28)25(12-21-17)13-30-19(27)15-5-3-4-14(10-15)11-24-6-8-29-9-7-24/h3-5,10,12H,6-9,11,13H2,1-2H3. The molecule has 0 spiro atoms. The van der Waals surface area contributed by atoms with Gasteiger partial charge < -0.3 is 9.47 Å². The zero-order chi connectivity index (χ0) is 21.3. The lowest BCUT2D eigenvalue weighted by molar-refractivity contribution is 0.0338. The molecule has 158 valence electrons. The van der Waals surface area contributed by atoms with E-state index < -0.39 is 17.2 Å². The molecule has 1 aromatic carbocycles. The fourth-order valence-electron chi connectivity index (χ4n) is 3.52. The third-order valence-electron chi connectivity index (χ3n) is 5.22. The monoisotopic (exact) mass is 413 g/mol. The van der Waals surface area contributed by atoms with Gasteiger partial charge in [-0.05, 0) is 17.7 Å². The van der Waals surface area contributed by atoms with Crippen LogP contribution in [0.15, 0.2) is 40.2 Å². The van der Waals surface area contributed by atoms with E-state index in [1.165, 1.54) is 29.6 Å². The Hall–Kier alpha value is -3.24. The van der Waals surface area contributed by atoms with Crippen LogP contribution in [-0.2, 0) is 36.8 Å². The Labute approximate surface area is 171 Å². The SMILES string of the molecule is Cn1c(=O)c2c(ncn2COC(=O)c2cccc(CN3CCOCC3)c2)n(C)c1=O. The van der Waals surface area contributed by atoms with E-state index in [0.29, 0.717) is 18.8 Å². The number of imidazole rings is 1. The molecule has 10 heteroatoms. The number of morpholine rings is 1. The Kier molecular flexibility index (Phi) is 5.51. The first kappa shape index (κ1) is 20.0. The second-order valence-electron chi connectivity index (χ2n) is 7.24. The highest BCUT2D eigenvalue weighted by molar-refractivity contribution is 5.89. The van der Waals surface area contributed by atoms with Gasteiger partial charge >= 0.3 is 11.7 Å². The van der Waals surface area contributed by atoms with Gasteiger partial charge in [-0.15, -0.1) is 0 Å². The lowest BCUT2D eigenvalue weighted by Crippen LogP contribution is -2.37. The summed E-state index contributed by atoms with van der Waals surface area (Å²) in [4.78, 5) is 43.4. The van der Waals surface area contributed by atoms with Crippen molar-refractivity contribution in [3.05, 3.63) is 62.6 Å². The van der Waals surface area contributed by atoms with Gasteiger partial charge in [-0.3, -0.25) is 23.4 Å². The molecule has 10 nitrogen and oxygen atoms in total. The molecule has 0 saturated carbocycles. The molecule has 1 saturated heterocycles. The van der Waals surface area contributed by atoms with Crippen molar-refractivity contribution in [2.45, 2.75) is 13.3 Å². The summed E-state index contributed by atoms with van der Waals surface area (Å²) >= 11 is 0. The maximum atomic E-state index is 12.6. The van der Waals surface area contributed by atoms with E-state index in [1.807, 2.05) is 18.2 Å². The van der Waals surface area contributed by atoms with Crippen molar-refractivity contribution in [3.8, 4) is 0 Å². The number of rotatable bonds is 5. The second-order valence-corrected chi connectivity index (χ2v) is 7.24. The van der Waals surface area contributed by atoms with Crippen molar-refractivity contribution >= 4 is 17.1 Å². The molecule has 0 bridgehead atoms. The van der Waals surface area contributed by atoms with Crippen molar-refractivity contribution in [1.29, 1.82) is 0 Å². The van der Waals surface area contributed by atoms with Gasteiger partial charge in [-0.2, -0.15) is 0 Å². The van der Waals surface area contributed by atoms with E-state index in [2.05, 4.69) is 9.88 Å². The molecule has 0 radical (unpaired) electrons. The molecule has 1 fully saturated rings. The zero-order valence-corrected chi connectivity index (χ0v) is 16.9. The predicted octanol–water partition coefficient (Wildman–Crippen LogP) is 0.0804. The summed E-state index contributed by atoms with van der Waals surface area (Å²) in [6.07, 6.45) is 1.38. The van der Waals surface area contributed by atoms with Gasteiger partial charge in [0, 0.05) is 33.7 Å². The van der Waals surface area contributed by atoms with E-state index in [4.69, 9.17) is 9.47 Å². The molecule has 0 atom stereocenters. The highest BCUT2D eigenvalue weighted by Crippen LogP contribution is 2.12. The number of carbonyl (C=O) groups excluding carboxylic acids is 1. The Bertz CT molecular complexity index is 1200. The van der Waals surface area contributed by atoms with Crippen LogP contribution in [0.2, 0.25) is 0 Å². The van der Waals surface area contributed by atoms with Crippen LogP contribution in [0.5, 0.6) is 0 Å². The maximum absolute atomic E-state index is 12.6. The van der Waals surface area contributed by atoms with Crippen LogP contribution >= 0.6 is 0 Å². The van der Waals surface area contributed by atoms with Gasteiger partial charge in [-0.25, -0.2) is 14.6 Å². The van der Waals surface area contributed by atoms with Crippen molar-refractivity contribution in [2.75, 3.05) is 26.3 Å². The number of esters is 1. The normalized spacial score (nSPS) is 14.9. The molecule has 3 heterocycles. The van der Waals surface area contributed by atoms with Gasteiger partial charge in [0.2, 0.25) is 0 Å². The molecule has 1 aliphatic rings. The fraction of sp³-hybridized carbons (Fsp3) is 0.400. The Morgan fingerprint density at radius 3 is 2.70 bits per heavy atom. The third kappa shape index (κ3) is 3.79. The van der Waals surface area contributed by atoms with Gasteiger partial charge in [0.1, 0.15) is 6.33 Å². The summed E-state index contributed by atoms with van der Waals surface area (Å²) in [6.45, 7) is 3.70. The van der Waals surface area contributed by atoms with E-state index in [1.54, 1.807) is 6.07 Å². The van der Waals surface area contributed by atoms with Crippen LogP contribution in [0.1, 0.15) is 15.9 Å². The molecule has 0 N–H and O–H groups in total. The number of hydrogen-bond acceptors (Lipinski definition) is 7. The lowest BCUT2D eigenvalue weighted by atomic mass is 10.1. The quantitative estimate of drug-likeness (QED) is 0.546. The number of aromatic nitrogens is 4. The van der Waals surface area contributed by atoms with E-state index in [-0.39, 0.29) is 17.9 Å². The van der Waals surface area contributed by atoms with Crippen LogP contribution in [0.3, 0.4) is 0 Å². The molecule has 30 heavy (non-hydrogen) atoms. The van der Waals surface area contributed by atoms with Crippen LogP contribution < -0.4 is 11.2 Å². The Morgan fingerprint density at radius 2 is 1.93 bits per heavy atom. The minimum atomic E-state index is -0.498. The molecule has 3 aromatic rings. The number of carbonyl (C=O) groups is 1. The minimum Gasteiger partial charge on any atom is -0.440 e. The number of nitrogens with zero attached hydrogens (tertiary/aromatic N) is 5. The first-order valence-electron chi connectivity index (χ1n) is 9.62. The van der Waals surface area contributed by atoms with Crippen molar-refractivity contribution in [2.24, 2.45) is 14.1 Å². The minimum absolute atomic E-state index is 0.184. The zero-order valence-electron chi connectivity index (χ0n) is 16.9. The summed E-state index contributed by atoms with van der Waals surface area (Å²) in [6, 6.07) is 7.30. The molecule has 0 unspecified atom stereocenters. The maximum Gasteiger partial charge on any atom is 0.339 e. The van der Waals surface area contributed by atoms with Crippen molar-refractivity contribution in [1.82, 2.24) is 23.6 Å². The molecular formula is C20H23N5O5. The molecular weight excluding hydrogens is 390 g/mol. The lowest BCUT2D eigenvalue weighted by Gasteiger charge is -2.26. The topological polar surface area (TPSA) is 101 Å². The highest BCUT2D eigenvalue weighted by Gasteiger charge is 2.16. The van der Waals surface area contributed by atoms with Crippen molar-refractivity contribution in [3.63, 3.8) is 0 Å². The first-order valence-corrected chi connectivity index (χ1v) is 9.62. The number of benzene rings is 1. The summed E-state index contributed by atoms with van der Waals surface area (Å²) in [5.41, 5.74) is 0.940. The predicted molar refractivity (Wildman–Crippen MR) is 108 cm³/mol. The highest BCUT2D eigenvalue weighted by atomic mass is 16.5. The van der Waals surface area contributed by atoms with Crippen LogP contribution in [-0.4, -0.2) is 55.9 Å². The molecule has 0 aliphatic carbocycles. The van der Waals surface area contributed by atoms with Gasteiger partial charge in [0.15, 0.2) is 17.9 Å². The molecule has 1 aliphatic heterocycles. The second kappa shape index (κ2) is 8.25. The van der Waals surface area contributed by atoms with Gasteiger partial charge in [0.25, 0.3) is 5.56 Å². The smallest absolute Gasteiger partial charge is 0.339 e. The average molecular weight is 413 g/mol. The van der Waals surface area contributed by atoms with Gasteiger partial charge in [-0.1, -0.05) is 12.1 Å². The number of aryl methyl sites for hydroxylation is 1. The number of fused-ring (bicyclic) bond motifs is 1. The summed E-state index contributed by atoms with van der Waals surface area (Å²) in [5.74, 6) is -0.498. The Balaban J connectivity index is 1.50. The summed E-state index contributed by atoms with van der Waals surface area (Å²) < 4.78 is 14.5. The van der Waals surface area contributed by atoms with E-state index in [0.717, 1.165) is 29.8 Å². The van der Waals surface area contributed by atoms with Crippen LogP contribution in [0.25, 0.3) is 11.2 Å². The van der Waals surface area contributed by atoms with E-state index in [9.17, 15) is 14.4 Å². The Morgan fingerprint density at radius 1 is 1.17 bits per heavy atom. The first-order chi connectivity index (χ1) is 14.5.